The van der Waals surface area contributed by atoms with Gasteiger partial charge in [0, 0.05) is 10.9 Å². The van der Waals surface area contributed by atoms with Crippen molar-refractivity contribution >= 4 is 22.2 Å². The van der Waals surface area contributed by atoms with Crippen LogP contribution >= 0.6 is 15.9 Å². The highest BCUT2D eigenvalue weighted by molar-refractivity contribution is 9.08. The summed E-state index contributed by atoms with van der Waals surface area (Å²) >= 11 is 2.98. The Hall–Kier alpha value is -1.31. The number of methoxy groups -OCH3 is 1. The molecule has 1 rings (SSSR count). The third-order valence-corrected chi connectivity index (χ3v) is 2.38. The molecule has 0 aliphatic carbocycles. The summed E-state index contributed by atoms with van der Waals surface area (Å²) in [5.41, 5.74) is -0.0460. The van der Waals surface area contributed by atoms with Gasteiger partial charge in [0.15, 0.2) is 12.0 Å². The van der Waals surface area contributed by atoms with Crippen molar-refractivity contribution in [1.29, 1.82) is 0 Å². The zero-order valence-corrected chi connectivity index (χ0v) is 10.1. The molecule has 4 nitrogen and oxygen atoms in total. The Labute approximate surface area is 103 Å². The lowest BCUT2D eigenvalue weighted by Crippen LogP contribution is -2.19. The van der Waals surface area contributed by atoms with Crippen molar-refractivity contribution in [2.75, 3.05) is 7.11 Å². The van der Waals surface area contributed by atoms with E-state index >= 15 is 0 Å². The van der Waals surface area contributed by atoms with E-state index in [1.165, 1.54) is 7.11 Å². The van der Waals surface area contributed by atoms with Crippen LogP contribution in [-0.2, 0) is 5.33 Å². The standard InChI is InChI=1S/C9H7BrF3NO3/c1-16-8-6(4-15)5(2-10)7(3-14-8)17-9(11,12)13/h3-4H,2H2,1H3. The lowest BCUT2D eigenvalue weighted by atomic mass is 10.1. The Morgan fingerprint density at radius 1 is 1.53 bits per heavy atom. The first-order chi connectivity index (χ1) is 7.92. The number of rotatable bonds is 4. The molecule has 1 aromatic heterocycles. The molecule has 8 heteroatoms. The molecule has 0 N–H and O–H groups in total. The predicted octanol–water partition coefficient (Wildman–Crippen LogP) is 2.70. The summed E-state index contributed by atoms with van der Waals surface area (Å²) in [6.07, 6.45) is -3.62. The highest BCUT2D eigenvalue weighted by Crippen LogP contribution is 2.32. The van der Waals surface area contributed by atoms with E-state index in [0.29, 0.717) is 6.29 Å². The molecule has 1 aromatic rings. The van der Waals surface area contributed by atoms with Gasteiger partial charge in [0.05, 0.1) is 18.9 Å². The van der Waals surface area contributed by atoms with E-state index in [9.17, 15) is 18.0 Å². The first kappa shape index (κ1) is 13.8. The normalized spacial score (nSPS) is 11.1. The maximum Gasteiger partial charge on any atom is 0.573 e. The number of ether oxygens (including phenoxy) is 2. The molecule has 0 unspecified atom stereocenters. The van der Waals surface area contributed by atoms with Crippen LogP contribution in [0, 0.1) is 0 Å². The molecule has 0 aliphatic heterocycles. The van der Waals surface area contributed by atoms with Gasteiger partial charge in [0.1, 0.15) is 0 Å². The lowest BCUT2D eigenvalue weighted by molar-refractivity contribution is -0.275. The zero-order chi connectivity index (χ0) is 13.1. The minimum absolute atomic E-state index is 0.00532. The van der Waals surface area contributed by atoms with Gasteiger partial charge in [-0.1, -0.05) is 15.9 Å². The number of hydrogen-bond acceptors (Lipinski definition) is 4. The van der Waals surface area contributed by atoms with Gasteiger partial charge in [-0.3, -0.25) is 4.79 Å². The Morgan fingerprint density at radius 3 is 2.59 bits per heavy atom. The summed E-state index contributed by atoms with van der Waals surface area (Å²) in [7, 11) is 1.26. The van der Waals surface area contributed by atoms with E-state index < -0.39 is 12.1 Å². The Balaban J connectivity index is 3.28. The highest BCUT2D eigenvalue weighted by Gasteiger charge is 2.33. The van der Waals surface area contributed by atoms with E-state index in [2.05, 4.69) is 25.7 Å². The van der Waals surface area contributed by atoms with Crippen molar-refractivity contribution in [3.8, 4) is 11.6 Å². The number of hydrogen-bond donors (Lipinski definition) is 0. The van der Waals surface area contributed by atoms with Crippen LogP contribution in [0.5, 0.6) is 11.6 Å². The minimum atomic E-state index is -4.84. The Morgan fingerprint density at radius 2 is 2.18 bits per heavy atom. The second-order valence-electron chi connectivity index (χ2n) is 2.82. The van der Waals surface area contributed by atoms with Crippen LogP contribution < -0.4 is 9.47 Å². The third-order valence-electron chi connectivity index (χ3n) is 1.82. The molecular weight excluding hydrogens is 307 g/mol. The van der Waals surface area contributed by atoms with E-state index in [0.717, 1.165) is 6.20 Å². The maximum absolute atomic E-state index is 12.1. The molecular formula is C9H7BrF3NO3. The summed E-state index contributed by atoms with van der Waals surface area (Å²) in [5, 5.41) is 0.00532. The van der Waals surface area contributed by atoms with Crippen LogP contribution in [0.15, 0.2) is 6.20 Å². The van der Waals surface area contributed by atoms with Crippen molar-refractivity contribution < 1.29 is 27.4 Å². The van der Waals surface area contributed by atoms with Gasteiger partial charge in [0.25, 0.3) is 0 Å². The van der Waals surface area contributed by atoms with Gasteiger partial charge in [-0.25, -0.2) is 4.98 Å². The van der Waals surface area contributed by atoms with Gasteiger partial charge >= 0.3 is 6.36 Å². The van der Waals surface area contributed by atoms with Crippen molar-refractivity contribution in [3.63, 3.8) is 0 Å². The van der Waals surface area contributed by atoms with Gasteiger partial charge in [-0.2, -0.15) is 0 Å². The monoisotopic (exact) mass is 313 g/mol. The fourth-order valence-electron chi connectivity index (χ4n) is 1.16. The number of halogens is 4. The topological polar surface area (TPSA) is 48.4 Å². The van der Waals surface area contributed by atoms with Gasteiger partial charge in [-0.05, 0) is 0 Å². The average molecular weight is 314 g/mol. The maximum atomic E-state index is 12.1. The minimum Gasteiger partial charge on any atom is -0.480 e. The van der Waals surface area contributed by atoms with Crippen LogP contribution in [0.3, 0.4) is 0 Å². The SMILES string of the molecule is COc1ncc(OC(F)(F)F)c(CBr)c1C=O. The molecule has 0 bridgehead atoms. The van der Waals surface area contributed by atoms with Gasteiger partial charge in [-0.15, -0.1) is 13.2 Å². The molecule has 0 saturated heterocycles. The summed E-state index contributed by atoms with van der Waals surface area (Å²) in [6, 6.07) is 0. The number of pyridine rings is 1. The largest absolute Gasteiger partial charge is 0.573 e. The van der Waals surface area contributed by atoms with Crippen LogP contribution in [-0.4, -0.2) is 24.7 Å². The quantitative estimate of drug-likeness (QED) is 0.633. The molecule has 0 amide bonds. The summed E-state index contributed by atoms with van der Waals surface area (Å²) in [5.74, 6) is -0.582. The van der Waals surface area contributed by atoms with Crippen molar-refractivity contribution in [2.45, 2.75) is 11.7 Å². The summed E-state index contributed by atoms with van der Waals surface area (Å²) < 4.78 is 44.8. The lowest BCUT2D eigenvalue weighted by Gasteiger charge is -2.14. The summed E-state index contributed by atoms with van der Waals surface area (Å²) in [6.45, 7) is 0. The van der Waals surface area contributed by atoms with E-state index in [1.54, 1.807) is 0 Å². The zero-order valence-electron chi connectivity index (χ0n) is 8.55. The first-order valence-electron chi connectivity index (χ1n) is 4.25. The van der Waals surface area contributed by atoms with Crippen LogP contribution in [0.25, 0.3) is 0 Å². The van der Waals surface area contributed by atoms with Gasteiger partial charge < -0.3 is 9.47 Å². The van der Waals surface area contributed by atoms with Crippen LogP contribution in [0.2, 0.25) is 0 Å². The molecule has 0 atom stereocenters. The molecule has 17 heavy (non-hydrogen) atoms. The fourth-order valence-corrected chi connectivity index (χ4v) is 1.74. The molecule has 0 radical (unpaired) electrons. The molecule has 0 aliphatic rings. The molecule has 94 valence electrons. The van der Waals surface area contributed by atoms with Crippen molar-refractivity contribution in [2.24, 2.45) is 0 Å². The molecule has 0 fully saturated rings. The fraction of sp³-hybridized carbons (Fsp3) is 0.333. The van der Waals surface area contributed by atoms with E-state index in [1.807, 2.05) is 0 Å². The number of carbonyl (C=O) groups is 1. The Bertz CT molecular complexity index is 423. The van der Waals surface area contributed by atoms with Crippen molar-refractivity contribution in [1.82, 2.24) is 4.98 Å². The second kappa shape index (κ2) is 5.35. The molecule has 0 aromatic carbocycles. The smallest absolute Gasteiger partial charge is 0.480 e. The van der Waals surface area contributed by atoms with E-state index in [-0.39, 0.29) is 22.3 Å². The summed E-state index contributed by atoms with van der Waals surface area (Å²) in [4.78, 5) is 14.4. The number of carbonyl (C=O) groups excluding carboxylic acids is 1. The number of alkyl halides is 4. The molecule has 1 heterocycles. The average Bonchev–Trinajstić information content (AvgIpc) is 2.26. The number of aromatic nitrogens is 1. The van der Waals surface area contributed by atoms with Crippen molar-refractivity contribution in [3.05, 3.63) is 17.3 Å². The van der Waals surface area contributed by atoms with E-state index in [4.69, 9.17) is 4.74 Å². The van der Waals surface area contributed by atoms with Crippen LogP contribution in [0.4, 0.5) is 13.2 Å². The highest BCUT2D eigenvalue weighted by atomic mass is 79.9. The van der Waals surface area contributed by atoms with Crippen LogP contribution in [0.1, 0.15) is 15.9 Å². The second-order valence-corrected chi connectivity index (χ2v) is 3.38. The molecule has 0 saturated carbocycles. The predicted molar refractivity (Wildman–Crippen MR) is 55.5 cm³/mol. The first-order valence-corrected chi connectivity index (χ1v) is 5.37. The molecule has 0 spiro atoms. The third kappa shape index (κ3) is 3.32. The Kier molecular flexibility index (Phi) is 4.33. The number of aldehydes is 1. The number of nitrogens with zero attached hydrogens (tertiary/aromatic N) is 1. The van der Waals surface area contributed by atoms with Gasteiger partial charge in [0.2, 0.25) is 5.88 Å².